The minimum Gasteiger partial charge on any atom is -0.496 e. The molecule has 3 aromatic rings. The number of amides is 1. The maximum atomic E-state index is 13.7. The molecular weight excluding hydrogens is 357 g/mol. The van der Waals surface area contributed by atoms with Crippen LogP contribution in [0.15, 0.2) is 54.7 Å². The van der Waals surface area contributed by atoms with E-state index in [0.717, 1.165) is 11.3 Å². The predicted molar refractivity (Wildman–Crippen MR) is 106 cm³/mol. The Morgan fingerprint density at radius 1 is 1.25 bits per heavy atom. The second-order valence-corrected chi connectivity index (χ2v) is 6.58. The number of hydrogen-bond donors (Lipinski definition) is 1. The van der Waals surface area contributed by atoms with Crippen molar-refractivity contribution in [2.45, 2.75) is 32.9 Å². The number of aromatic nitrogens is 2. The standard InChI is InChI=1S/C22H24FN3O2/c1-4-20-19(13-24-26(20)14-16-8-6-5-7-9-16)22(27)25-15(2)18-12-17(23)10-11-21(18)28-3/h5-13,15H,4,14H2,1-3H3,(H,25,27). The second-order valence-electron chi connectivity index (χ2n) is 6.58. The van der Waals surface area contributed by atoms with Gasteiger partial charge in [0.25, 0.3) is 5.91 Å². The van der Waals surface area contributed by atoms with E-state index in [2.05, 4.69) is 10.4 Å². The fourth-order valence-electron chi connectivity index (χ4n) is 3.26. The SMILES string of the molecule is CCc1c(C(=O)NC(C)c2cc(F)ccc2OC)cnn1Cc1ccccc1. The molecule has 1 amide bonds. The summed E-state index contributed by atoms with van der Waals surface area (Å²) in [7, 11) is 1.52. The van der Waals surface area contributed by atoms with Crippen molar-refractivity contribution in [1.82, 2.24) is 15.1 Å². The Bertz CT molecular complexity index is 954. The maximum absolute atomic E-state index is 13.7. The van der Waals surface area contributed by atoms with Crippen molar-refractivity contribution < 1.29 is 13.9 Å². The van der Waals surface area contributed by atoms with Gasteiger partial charge in [0.15, 0.2) is 0 Å². The van der Waals surface area contributed by atoms with Crippen LogP contribution in [0.4, 0.5) is 4.39 Å². The Balaban J connectivity index is 1.80. The van der Waals surface area contributed by atoms with Crippen LogP contribution in [0, 0.1) is 5.82 Å². The smallest absolute Gasteiger partial charge is 0.255 e. The van der Waals surface area contributed by atoms with Crippen LogP contribution < -0.4 is 10.1 Å². The molecule has 0 saturated heterocycles. The number of nitrogens with one attached hydrogen (secondary N) is 1. The molecule has 0 radical (unpaired) electrons. The van der Waals surface area contributed by atoms with E-state index in [1.54, 1.807) is 19.2 Å². The van der Waals surface area contributed by atoms with E-state index < -0.39 is 6.04 Å². The van der Waals surface area contributed by atoms with Crippen LogP contribution in [0.3, 0.4) is 0 Å². The average molecular weight is 381 g/mol. The van der Waals surface area contributed by atoms with E-state index >= 15 is 0 Å². The lowest BCUT2D eigenvalue weighted by Crippen LogP contribution is -2.27. The van der Waals surface area contributed by atoms with Gasteiger partial charge in [0.05, 0.1) is 37.2 Å². The largest absolute Gasteiger partial charge is 0.496 e. The molecule has 0 aliphatic rings. The Hall–Kier alpha value is -3.15. The summed E-state index contributed by atoms with van der Waals surface area (Å²) in [5.41, 5.74) is 3.09. The first-order valence-electron chi connectivity index (χ1n) is 9.26. The molecule has 0 saturated carbocycles. The second kappa shape index (κ2) is 8.69. The molecule has 1 unspecified atom stereocenters. The molecule has 5 nitrogen and oxygen atoms in total. The van der Waals surface area contributed by atoms with Gasteiger partial charge in [-0.2, -0.15) is 5.10 Å². The molecule has 1 heterocycles. The number of nitrogens with zero attached hydrogens (tertiary/aromatic N) is 2. The highest BCUT2D eigenvalue weighted by Gasteiger charge is 2.20. The van der Waals surface area contributed by atoms with Crippen molar-refractivity contribution in [3.63, 3.8) is 0 Å². The number of carbonyl (C=O) groups is 1. The molecule has 0 fully saturated rings. The van der Waals surface area contributed by atoms with Crippen molar-refractivity contribution in [2.75, 3.05) is 7.11 Å². The van der Waals surface area contributed by atoms with E-state index in [0.29, 0.717) is 29.8 Å². The van der Waals surface area contributed by atoms with Crippen molar-refractivity contribution in [3.8, 4) is 5.75 Å². The zero-order valence-corrected chi connectivity index (χ0v) is 16.3. The fourth-order valence-corrected chi connectivity index (χ4v) is 3.26. The highest BCUT2D eigenvalue weighted by atomic mass is 19.1. The van der Waals surface area contributed by atoms with E-state index in [1.807, 2.05) is 41.9 Å². The van der Waals surface area contributed by atoms with Crippen LogP contribution in [0.1, 0.15) is 47.1 Å². The molecule has 1 N–H and O–H groups in total. The summed E-state index contributed by atoms with van der Waals surface area (Å²) < 4.78 is 20.8. The Morgan fingerprint density at radius 2 is 2.00 bits per heavy atom. The highest BCUT2D eigenvalue weighted by Crippen LogP contribution is 2.26. The van der Waals surface area contributed by atoms with Crippen molar-refractivity contribution in [1.29, 1.82) is 0 Å². The summed E-state index contributed by atoms with van der Waals surface area (Å²) in [6.45, 7) is 4.40. The van der Waals surface area contributed by atoms with E-state index in [-0.39, 0.29) is 11.7 Å². The number of rotatable bonds is 7. The first-order chi connectivity index (χ1) is 13.5. The van der Waals surface area contributed by atoms with Crippen molar-refractivity contribution in [3.05, 3.63) is 82.9 Å². The number of halogens is 1. The van der Waals surface area contributed by atoms with Gasteiger partial charge in [0.1, 0.15) is 11.6 Å². The van der Waals surface area contributed by atoms with Crippen LogP contribution in [-0.2, 0) is 13.0 Å². The van der Waals surface area contributed by atoms with Crippen LogP contribution >= 0.6 is 0 Å². The third kappa shape index (κ3) is 4.22. The van der Waals surface area contributed by atoms with Gasteiger partial charge in [-0.1, -0.05) is 37.3 Å². The summed E-state index contributed by atoms with van der Waals surface area (Å²) >= 11 is 0. The van der Waals surface area contributed by atoms with Crippen LogP contribution in [-0.4, -0.2) is 22.8 Å². The summed E-state index contributed by atoms with van der Waals surface area (Å²) in [5, 5.41) is 7.33. The van der Waals surface area contributed by atoms with Gasteiger partial charge in [-0.15, -0.1) is 0 Å². The molecule has 28 heavy (non-hydrogen) atoms. The topological polar surface area (TPSA) is 56.1 Å². The molecule has 6 heteroatoms. The summed E-state index contributed by atoms with van der Waals surface area (Å²) in [6.07, 6.45) is 2.26. The lowest BCUT2D eigenvalue weighted by atomic mass is 10.1. The molecule has 0 aliphatic carbocycles. The fraction of sp³-hybridized carbons (Fsp3) is 0.273. The van der Waals surface area contributed by atoms with Crippen molar-refractivity contribution in [2.24, 2.45) is 0 Å². The predicted octanol–water partition coefficient (Wildman–Crippen LogP) is 4.13. The van der Waals surface area contributed by atoms with Crippen LogP contribution in [0.2, 0.25) is 0 Å². The quantitative estimate of drug-likeness (QED) is 0.669. The lowest BCUT2D eigenvalue weighted by Gasteiger charge is -2.17. The van der Waals surface area contributed by atoms with Crippen molar-refractivity contribution >= 4 is 5.91 Å². The number of hydrogen-bond acceptors (Lipinski definition) is 3. The Kier molecular flexibility index (Phi) is 6.09. The minimum atomic E-state index is -0.416. The lowest BCUT2D eigenvalue weighted by molar-refractivity contribution is 0.0938. The van der Waals surface area contributed by atoms with E-state index in [4.69, 9.17) is 4.74 Å². The first-order valence-corrected chi connectivity index (χ1v) is 9.26. The van der Waals surface area contributed by atoms with Gasteiger partial charge in [0, 0.05) is 5.56 Å². The third-order valence-corrected chi connectivity index (χ3v) is 4.71. The first kappa shape index (κ1) is 19.6. The van der Waals surface area contributed by atoms with Gasteiger partial charge in [-0.05, 0) is 37.1 Å². The molecule has 1 aromatic heterocycles. The van der Waals surface area contributed by atoms with Gasteiger partial charge in [-0.25, -0.2) is 4.39 Å². The molecule has 0 spiro atoms. The van der Waals surface area contributed by atoms with E-state index in [9.17, 15) is 9.18 Å². The molecular formula is C22H24FN3O2. The van der Waals surface area contributed by atoms with Gasteiger partial charge in [0.2, 0.25) is 0 Å². The molecule has 146 valence electrons. The molecule has 1 atom stereocenters. The summed E-state index contributed by atoms with van der Waals surface area (Å²) in [4.78, 5) is 12.9. The third-order valence-electron chi connectivity index (χ3n) is 4.71. The average Bonchev–Trinajstić information content (AvgIpc) is 3.11. The molecule has 3 rings (SSSR count). The summed E-state index contributed by atoms with van der Waals surface area (Å²) in [5.74, 6) is -0.0820. The van der Waals surface area contributed by atoms with E-state index in [1.165, 1.54) is 19.2 Å². The zero-order chi connectivity index (χ0) is 20.1. The zero-order valence-electron chi connectivity index (χ0n) is 16.3. The summed E-state index contributed by atoms with van der Waals surface area (Å²) in [6, 6.07) is 13.8. The molecule has 0 bridgehead atoms. The van der Waals surface area contributed by atoms with Crippen LogP contribution in [0.5, 0.6) is 5.75 Å². The Morgan fingerprint density at radius 3 is 2.68 bits per heavy atom. The van der Waals surface area contributed by atoms with Gasteiger partial charge >= 0.3 is 0 Å². The number of methoxy groups -OCH3 is 1. The number of benzene rings is 2. The van der Waals surface area contributed by atoms with Gasteiger partial charge in [-0.3, -0.25) is 9.48 Å². The van der Waals surface area contributed by atoms with Gasteiger partial charge < -0.3 is 10.1 Å². The number of ether oxygens (including phenoxy) is 1. The maximum Gasteiger partial charge on any atom is 0.255 e. The number of carbonyl (C=O) groups excluding carboxylic acids is 1. The van der Waals surface area contributed by atoms with Crippen LogP contribution in [0.25, 0.3) is 0 Å². The monoisotopic (exact) mass is 381 g/mol. The minimum absolute atomic E-state index is 0.241. The highest BCUT2D eigenvalue weighted by molar-refractivity contribution is 5.95. The normalized spacial score (nSPS) is 11.9. The molecule has 2 aromatic carbocycles. The Labute approximate surface area is 164 Å². The molecule has 0 aliphatic heterocycles.